The van der Waals surface area contributed by atoms with Crippen molar-refractivity contribution in [3.63, 3.8) is 0 Å². The molecule has 4 rings (SSSR count). The zero-order valence-electron chi connectivity index (χ0n) is 21.2. The average molecular weight is 564 g/mol. The van der Waals surface area contributed by atoms with Crippen LogP contribution in [0.25, 0.3) is 11.1 Å². The second-order valence-corrected chi connectivity index (χ2v) is 13.2. The lowest BCUT2D eigenvalue weighted by molar-refractivity contribution is 0.0904. The van der Waals surface area contributed by atoms with Crippen molar-refractivity contribution in [1.82, 2.24) is 13.6 Å². The van der Waals surface area contributed by atoms with Crippen molar-refractivity contribution in [2.75, 3.05) is 26.7 Å². The van der Waals surface area contributed by atoms with Crippen molar-refractivity contribution < 1.29 is 31.1 Å². The number of halogens is 1. The molecule has 0 radical (unpaired) electrons. The van der Waals surface area contributed by atoms with Crippen molar-refractivity contribution >= 4 is 20.0 Å². The highest BCUT2D eigenvalue weighted by Crippen LogP contribution is 2.36. The Morgan fingerprint density at radius 2 is 1.84 bits per heavy atom. The molecule has 9 nitrogen and oxygen atoms in total. The number of pyridine rings is 1. The van der Waals surface area contributed by atoms with Crippen molar-refractivity contribution in [3.8, 4) is 16.9 Å². The lowest BCUT2D eigenvalue weighted by Crippen LogP contribution is -2.50. The summed E-state index contributed by atoms with van der Waals surface area (Å²) in [6.07, 6.45) is 2.43. The van der Waals surface area contributed by atoms with Gasteiger partial charge in [0.05, 0.1) is 13.2 Å². The molecule has 1 aromatic heterocycles. The third-order valence-corrected chi connectivity index (χ3v) is 10.5. The first-order valence-electron chi connectivity index (χ1n) is 12.0. The highest BCUT2D eigenvalue weighted by atomic mass is 32.2. The number of sulfonamides is 2. The molecule has 3 aromatic rings. The molecule has 204 valence electrons. The highest BCUT2D eigenvalue weighted by Gasteiger charge is 2.39. The van der Waals surface area contributed by atoms with Crippen LogP contribution in [0.4, 0.5) is 4.39 Å². The van der Waals surface area contributed by atoms with Crippen LogP contribution in [-0.2, 0) is 20.0 Å². The molecular formula is C26H30FN3O6S2. The van der Waals surface area contributed by atoms with E-state index in [0.717, 1.165) is 15.9 Å². The van der Waals surface area contributed by atoms with E-state index in [1.54, 1.807) is 50.5 Å². The van der Waals surface area contributed by atoms with E-state index in [9.17, 15) is 26.3 Å². The summed E-state index contributed by atoms with van der Waals surface area (Å²) in [5, 5.41) is 9.81. The molecule has 0 saturated heterocycles. The molecule has 0 aliphatic carbocycles. The summed E-state index contributed by atoms with van der Waals surface area (Å²) < 4.78 is 76.5. The van der Waals surface area contributed by atoms with E-state index in [-0.39, 0.29) is 23.7 Å². The van der Waals surface area contributed by atoms with Crippen LogP contribution in [0.5, 0.6) is 5.75 Å². The van der Waals surface area contributed by atoms with Gasteiger partial charge in [-0.1, -0.05) is 25.1 Å². The first-order valence-corrected chi connectivity index (χ1v) is 14.9. The average Bonchev–Trinajstić information content (AvgIpc) is 2.90. The van der Waals surface area contributed by atoms with Gasteiger partial charge >= 0.3 is 0 Å². The van der Waals surface area contributed by atoms with Crippen LogP contribution in [0.2, 0.25) is 0 Å². The first-order chi connectivity index (χ1) is 18.0. The fourth-order valence-corrected chi connectivity index (χ4v) is 7.41. The molecule has 0 unspecified atom stereocenters. The number of hydrogen-bond donors (Lipinski definition) is 1. The Morgan fingerprint density at radius 1 is 1.16 bits per heavy atom. The molecule has 2 heterocycles. The number of aliphatic hydroxyl groups is 1. The lowest BCUT2D eigenvalue weighted by atomic mass is 10.0. The maximum absolute atomic E-state index is 14.3. The van der Waals surface area contributed by atoms with Crippen molar-refractivity contribution in [1.29, 1.82) is 0 Å². The molecule has 3 atom stereocenters. The van der Waals surface area contributed by atoms with Gasteiger partial charge < -0.3 is 9.84 Å². The molecule has 2 aromatic carbocycles. The molecule has 0 spiro atoms. The fraction of sp³-hybridized carbons (Fsp3) is 0.346. The van der Waals surface area contributed by atoms with Crippen LogP contribution in [-0.4, -0.2) is 74.4 Å². The molecule has 1 N–H and O–H groups in total. The molecule has 12 heteroatoms. The van der Waals surface area contributed by atoms with Gasteiger partial charge in [0.15, 0.2) is 0 Å². The number of aliphatic hydroxyl groups excluding tert-OH is 1. The molecule has 0 bridgehead atoms. The van der Waals surface area contributed by atoms with Crippen molar-refractivity contribution in [2.24, 2.45) is 5.92 Å². The molecule has 1 aliphatic rings. The van der Waals surface area contributed by atoms with E-state index in [2.05, 4.69) is 4.98 Å². The number of hydrogen-bond acceptors (Lipinski definition) is 7. The largest absolute Gasteiger partial charge is 0.487 e. The number of likely N-dealkylation sites (N-methyl/N-ethyl adjacent to an activating group) is 1. The maximum atomic E-state index is 14.3. The number of rotatable bonds is 7. The van der Waals surface area contributed by atoms with Crippen LogP contribution in [0.1, 0.15) is 13.8 Å². The minimum atomic E-state index is -4.20. The summed E-state index contributed by atoms with van der Waals surface area (Å²) in [6, 6.07) is 12.6. The Labute approximate surface area is 222 Å². The van der Waals surface area contributed by atoms with Crippen molar-refractivity contribution in [3.05, 3.63) is 72.8 Å². The zero-order valence-corrected chi connectivity index (χ0v) is 22.9. The fourth-order valence-electron chi connectivity index (χ4n) is 4.34. The minimum Gasteiger partial charge on any atom is -0.487 e. The molecule has 0 fully saturated rings. The Bertz CT molecular complexity index is 1500. The van der Waals surface area contributed by atoms with Gasteiger partial charge in [0.2, 0.25) is 20.0 Å². The molecule has 1 aliphatic heterocycles. The Balaban J connectivity index is 1.78. The summed E-state index contributed by atoms with van der Waals surface area (Å²) >= 11 is 0. The predicted molar refractivity (Wildman–Crippen MR) is 140 cm³/mol. The highest BCUT2D eigenvalue weighted by molar-refractivity contribution is 7.89. The second kappa shape index (κ2) is 11.1. The molecular weight excluding hydrogens is 533 g/mol. The summed E-state index contributed by atoms with van der Waals surface area (Å²) in [4.78, 5) is 3.46. The van der Waals surface area contributed by atoms with Gasteiger partial charge in [0, 0.05) is 37.9 Å². The summed E-state index contributed by atoms with van der Waals surface area (Å²) in [5.41, 5.74) is 1.47. The van der Waals surface area contributed by atoms with Crippen LogP contribution >= 0.6 is 0 Å². The number of fused-ring (bicyclic) bond motifs is 1. The summed E-state index contributed by atoms with van der Waals surface area (Å²) in [7, 11) is -6.93. The second-order valence-electron chi connectivity index (χ2n) is 9.35. The quantitative estimate of drug-likeness (QED) is 0.470. The van der Waals surface area contributed by atoms with E-state index >= 15 is 0 Å². The van der Waals surface area contributed by atoms with E-state index < -0.39 is 55.4 Å². The number of nitrogens with zero attached hydrogens (tertiary/aromatic N) is 3. The summed E-state index contributed by atoms with van der Waals surface area (Å²) in [6.45, 7) is 2.76. The third kappa shape index (κ3) is 5.45. The van der Waals surface area contributed by atoms with Crippen LogP contribution in [0, 0.1) is 11.7 Å². The molecule has 0 amide bonds. The number of aromatic nitrogens is 1. The lowest BCUT2D eigenvalue weighted by Gasteiger charge is -2.37. The Kier molecular flexibility index (Phi) is 8.19. The van der Waals surface area contributed by atoms with Gasteiger partial charge in [0.1, 0.15) is 27.5 Å². The topological polar surface area (TPSA) is 117 Å². The Hall–Kier alpha value is -2.90. The minimum absolute atomic E-state index is 0.0200. The standard InChI is InChI=1S/C26H30FN3O6S2/c1-18-15-30(19(2)17-31)38(34,35)26-9-8-21(20-10-12-28-13-11-20)14-23(26)36-24(18)16-29(3)37(32,33)25-7-5-4-6-22(25)27/h4-14,18-19,24,31H,15-17H2,1-3H3/t18-,19+,24+/m1/s1. The predicted octanol–water partition coefficient (Wildman–Crippen LogP) is 2.98. The van der Waals surface area contributed by atoms with Gasteiger partial charge in [-0.2, -0.15) is 8.61 Å². The van der Waals surface area contributed by atoms with Crippen LogP contribution < -0.4 is 4.74 Å². The van der Waals surface area contributed by atoms with E-state index in [1.165, 1.54) is 35.6 Å². The Morgan fingerprint density at radius 3 is 2.50 bits per heavy atom. The van der Waals surface area contributed by atoms with Gasteiger partial charge in [0.25, 0.3) is 0 Å². The van der Waals surface area contributed by atoms with E-state index in [1.807, 2.05) is 0 Å². The number of benzene rings is 2. The van der Waals surface area contributed by atoms with Gasteiger partial charge in [-0.15, -0.1) is 0 Å². The molecule has 38 heavy (non-hydrogen) atoms. The monoisotopic (exact) mass is 563 g/mol. The third-order valence-electron chi connectivity index (χ3n) is 6.64. The van der Waals surface area contributed by atoms with Crippen LogP contribution in [0.15, 0.2) is 76.8 Å². The van der Waals surface area contributed by atoms with E-state index in [4.69, 9.17) is 4.74 Å². The smallest absolute Gasteiger partial charge is 0.247 e. The van der Waals surface area contributed by atoms with Gasteiger partial charge in [-0.05, 0) is 54.4 Å². The maximum Gasteiger partial charge on any atom is 0.247 e. The SMILES string of the molecule is C[C@@H]1CN([C@@H](C)CO)S(=O)(=O)c2ccc(-c3ccncc3)cc2O[C@H]1CN(C)S(=O)(=O)c1ccccc1F. The van der Waals surface area contributed by atoms with Gasteiger partial charge in [-0.3, -0.25) is 4.98 Å². The summed E-state index contributed by atoms with van der Waals surface area (Å²) in [5.74, 6) is -1.30. The molecule has 0 saturated carbocycles. The van der Waals surface area contributed by atoms with Crippen molar-refractivity contribution in [2.45, 2.75) is 35.8 Å². The number of ether oxygens (including phenoxy) is 1. The van der Waals surface area contributed by atoms with Crippen LogP contribution in [0.3, 0.4) is 0 Å². The van der Waals surface area contributed by atoms with Gasteiger partial charge in [-0.25, -0.2) is 21.2 Å². The zero-order chi connectivity index (χ0) is 27.7. The normalized spacial score (nSPS) is 20.7. The van der Waals surface area contributed by atoms with E-state index in [0.29, 0.717) is 5.56 Å². The first kappa shape index (κ1) is 28.1.